The number of nitrogens with zero attached hydrogens (tertiary/aromatic N) is 4. The van der Waals surface area contributed by atoms with Gasteiger partial charge in [-0.3, -0.25) is 34.2 Å². The fraction of sp³-hybridized carbons (Fsp3) is 0.610. The number of benzene rings is 2. The first kappa shape index (κ1) is 74.7. The number of carbonyl (C=O) groups is 9. The van der Waals surface area contributed by atoms with Crippen LogP contribution in [-0.4, -0.2) is 230 Å². The number of hydrazine groups is 1. The largest absolute Gasteiger partial charge is 0.480 e. The van der Waals surface area contributed by atoms with Gasteiger partial charge in [0, 0.05) is 83.5 Å². The van der Waals surface area contributed by atoms with Crippen molar-refractivity contribution in [3.8, 4) is 0 Å². The number of aliphatic carboxylic acids is 1. The van der Waals surface area contributed by atoms with Crippen molar-refractivity contribution < 1.29 is 81.4 Å². The number of primary amides is 1. The Morgan fingerprint density at radius 2 is 1.25 bits per heavy atom. The summed E-state index contributed by atoms with van der Waals surface area (Å²) < 4.78 is 40.7. The molecule has 492 valence electrons. The summed E-state index contributed by atoms with van der Waals surface area (Å²) >= 11 is 0. The van der Waals surface area contributed by atoms with Gasteiger partial charge in [-0.25, -0.2) is 19.4 Å². The zero-order valence-corrected chi connectivity index (χ0v) is 52.0. The number of para-hydroxylation sites is 1. The molecule has 3 rings (SSSR count). The SMILES string of the molecule is CNN(C)Cc1cc2ccccc2n1CCC(=O)NCC(=O)NCCOCCOCCOCCOCCOCCOCCC(=O)N[C@H](C(=O)N[C@@H](CCCNC(N)=O)C(=O)Nc1ccc(COC(=O)N(C)CCCC(=O)N(C)C(C)C(=O)O)cc1)C(C)C. The highest BCUT2D eigenvalue weighted by atomic mass is 16.6. The third-order valence-electron chi connectivity index (χ3n) is 13.6. The van der Waals surface area contributed by atoms with Crippen LogP contribution in [-0.2, 0) is 86.4 Å². The van der Waals surface area contributed by atoms with Crippen LogP contribution >= 0.6 is 0 Å². The van der Waals surface area contributed by atoms with E-state index in [4.69, 9.17) is 44.0 Å². The number of anilines is 1. The van der Waals surface area contributed by atoms with E-state index >= 15 is 0 Å². The van der Waals surface area contributed by atoms with E-state index in [2.05, 4.69) is 48.0 Å². The molecule has 0 bridgehead atoms. The molecule has 0 aliphatic carbocycles. The van der Waals surface area contributed by atoms with Crippen LogP contribution in [0.15, 0.2) is 54.6 Å². The van der Waals surface area contributed by atoms with E-state index in [1.54, 1.807) is 38.1 Å². The number of ether oxygens (including phenoxy) is 7. The maximum Gasteiger partial charge on any atom is 0.409 e. The zero-order valence-electron chi connectivity index (χ0n) is 52.0. The molecule has 2 aromatic carbocycles. The summed E-state index contributed by atoms with van der Waals surface area (Å²) in [6, 6.07) is 12.8. The number of hydrogen-bond donors (Lipinski definition) is 9. The molecule has 9 amide bonds. The predicted octanol–water partition coefficient (Wildman–Crippen LogP) is 1.31. The molecule has 3 aromatic rings. The first-order valence-corrected chi connectivity index (χ1v) is 29.5. The average Bonchev–Trinajstić information content (AvgIpc) is 2.72. The van der Waals surface area contributed by atoms with Crippen LogP contribution in [0, 0.1) is 5.92 Å². The molecule has 10 N–H and O–H groups in total. The van der Waals surface area contributed by atoms with Crippen molar-refractivity contribution in [2.24, 2.45) is 11.7 Å². The number of hydrogen-bond acceptors (Lipinski definition) is 18. The van der Waals surface area contributed by atoms with Gasteiger partial charge in [0.2, 0.25) is 35.4 Å². The van der Waals surface area contributed by atoms with Crippen molar-refractivity contribution in [3.05, 3.63) is 65.9 Å². The van der Waals surface area contributed by atoms with Gasteiger partial charge in [0.05, 0.1) is 92.4 Å². The third kappa shape index (κ3) is 30.9. The molecule has 0 aliphatic heterocycles. The molecule has 0 fully saturated rings. The molecule has 0 aliphatic rings. The van der Waals surface area contributed by atoms with Crippen molar-refractivity contribution in [2.45, 2.75) is 97.1 Å². The van der Waals surface area contributed by atoms with Gasteiger partial charge in [0.1, 0.15) is 24.7 Å². The number of carbonyl (C=O) groups excluding carboxylic acids is 8. The van der Waals surface area contributed by atoms with Gasteiger partial charge in [-0.15, -0.1) is 0 Å². The molecule has 88 heavy (non-hydrogen) atoms. The van der Waals surface area contributed by atoms with Crippen LogP contribution in [0.4, 0.5) is 15.3 Å². The second-order valence-corrected chi connectivity index (χ2v) is 20.8. The second-order valence-electron chi connectivity index (χ2n) is 20.8. The zero-order chi connectivity index (χ0) is 64.6. The van der Waals surface area contributed by atoms with Gasteiger partial charge >= 0.3 is 18.1 Å². The summed E-state index contributed by atoms with van der Waals surface area (Å²) in [5.41, 5.74) is 11.4. The standard InChI is InChI=1S/C59H94N12O17/c1-42(2)54(56(77)66-48(13-10-22-63-58(60)80)55(76)65-46-18-16-44(17-19-46)41-88-59(81)68(5)24-11-15-53(75)70(7)43(3)57(78)79)67-51(73)21-26-82-28-30-84-32-34-86-36-37-87-35-33-85-31-29-83-27-23-62-52(74)39-64-50(72)20-25-71-47(40-69(6)61-4)38-45-12-8-9-14-49(45)71/h8-9,12,14,16-19,38,42-43,48,54,61H,10-11,13,15,20-37,39-41H2,1-7H3,(H,62,74)(H,64,72)(H,65,76)(H,66,77)(H,67,73)(H,78,79)(H3,60,63,80)/t43?,48-,54-/m0/s1. The summed E-state index contributed by atoms with van der Waals surface area (Å²) in [6.45, 7) is 10.1. The normalized spacial score (nSPS) is 12.2. The molecule has 1 unspecified atom stereocenters. The highest BCUT2D eigenvalue weighted by molar-refractivity contribution is 5.98. The summed E-state index contributed by atoms with van der Waals surface area (Å²) in [7, 11) is 6.72. The molecule has 0 saturated carbocycles. The number of carboxylic acid groups (broad SMARTS) is 1. The number of amides is 9. The highest BCUT2D eigenvalue weighted by Gasteiger charge is 2.29. The summed E-state index contributed by atoms with van der Waals surface area (Å²) in [5.74, 6) is -3.95. The first-order valence-electron chi connectivity index (χ1n) is 29.5. The summed E-state index contributed by atoms with van der Waals surface area (Å²) in [5, 5.41) is 28.3. The highest BCUT2D eigenvalue weighted by Crippen LogP contribution is 2.21. The van der Waals surface area contributed by atoms with E-state index in [-0.39, 0.29) is 102 Å². The molecule has 0 saturated heterocycles. The number of aromatic nitrogens is 1. The lowest BCUT2D eigenvalue weighted by atomic mass is 10.0. The van der Waals surface area contributed by atoms with E-state index in [1.165, 1.54) is 25.9 Å². The Balaban J connectivity index is 1.20. The van der Waals surface area contributed by atoms with Crippen LogP contribution in [0.2, 0.25) is 0 Å². The maximum absolute atomic E-state index is 13.6. The Bertz CT molecular complexity index is 2610. The minimum atomic E-state index is -1.12. The van der Waals surface area contributed by atoms with Crippen molar-refractivity contribution in [3.63, 3.8) is 0 Å². The molecule has 29 heteroatoms. The lowest BCUT2D eigenvalue weighted by Gasteiger charge is -2.25. The molecular formula is C59H94N12O17. The lowest BCUT2D eigenvalue weighted by Crippen LogP contribution is -2.54. The van der Waals surface area contributed by atoms with E-state index in [0.717, 1.165) is 21.5 Å². The number of nitrogens with one attached hydrogen (secondary N) is 7. The first-order chi connectivity index (χ1) is 42.2. The number of aryl methyl sites for hydroxylation is 1. The number of nitrogens with two attached hydrogens (primary N) is 1. The van der Waals surface area contributed by atoms with Gasteiger partial charge in [-0.05, 0) is 74.4 Å². The Kier molecular flexibility index (Phi) is 36.7. The molecule has 1 aromatic heterocycles. The van der Waals surface area contributed by atoms with E-state index in [1.807, 2.05) is 43.4 Å². The fourth-order valence-corrected chi connectivity index (χ4v) is 8.27. The van der Waals surface area contributed by atoms with E-state index in [9.17, 15) is 43.2 Å². The maximum atomic E-state index is 13.6. The predicted molar refractivity (Wildman–Crippen MR) is 325 cm³/mol. The average molecular weight is 1240 g/mol. The number of fused-ring (bicyclic) bond motifs is 1. The van der Waals surface area contributed by atoms with Gasteiger partial charge in [-0.2, -0.15) is 0 Å². The Morgan fingerprint density at radius 3 is 1.84 bits per heavy atom. The van der Waals surface area contributed by atoms with Gasteiger partial charge in [0.15, 0.2) is 0 Å². The second kappa shape index (κ2) is 43.2. The van der Waals surface area contributed by atoms with E-state index in [0.29, 0.717) is 96.8 Å². The summed E-state index contributed by atoms with van der Waals surface area (Å²) in [6.07, 6.45) is 0.300. The number of likely N-dealkylation sites (N-methyl/N-ethyl adjacent to an activating group) is 1. The number of urea groups is 1. The molecule has 0 radical (unpaired) electrons. The van der Waals surface area contributed by atoms with Gasteiger partial charge in [0.25, 0.3) is 0 Å². The lowest BCUT2D eigenvalue weighted by molar-refractivity contribution is -0.148. The van der Waals surface area contributed by atoms with E-state index < -0.39 is 53.9 Å². The Hall–Kier alpha value is -7.51. The van der Waals surface area contributed by atoms with Crippen molar-refractivity contribution >= 4 is 70.1 Å². The topological polar surface area (TPSA) is 363 Å². The van der Waals surface area contributed by atoms with Crippen molar-refractivity contribution in [1.29, 1.82) is 0 Å². The van der Waals surface area contributed by atoms with Crippen LogP contribution < -0.4 is 43.1 Å². The molecule has 1 heterocycles. The number of rotatable bonds is 47. The van der Waals surface area contributed by atoms with Crippen molar-refractivity contribution in [1.82, 2.24) is 51.4 Å². The minimum absolute atomic E-state index is 0.0392. The summed E-state index contributed by atoms with van der Waals surface area (Å²) in [4.78, 5) is 115. The third-order valence-corrected chi connectivity index (χ3v) is 13.6. The molecular weight excluding hydrogens is 1150 g/mol. The number of carboxylic acids is 1. The van der Waals surface area contributed by atoms with Gasteiger partial charge in [-0.1, -0.05) is 44.2 Å². The fourth-order valence-electron chi connectivity index (χ4n) is 8.27. The minimum Gasteiger partial charge on any atom is -0.480 e. The van der Waals surface area contributed by atoms with Crippen LogP contribution in [0.25, 0.3) is 10.9 Å². The Morgan fingerprint density at radius 1 is 0.648 bits per heavy atom. The van der Waals surface area contributed by atoms with Crippen molar-refractivity contribution in [2.75, 3.05) is 139 Å². The smallest absolute Gasteiger partial charge is 0.409 e. The van der Waals surface area contributed by atoms with Crippen LogP contribution in [0.3, 0.4) is 0 Å². The van der Waals surface area contributed by atoms with Crippen LogP contribution in [0.1, 0.15) is 70.6 Å². The molecule has 3 atom stereocenters. The molecule has 29 nitrogen and oxygen atoms in total. The van der Waals surface area contributed by atoms with Crippen LogP contribution in [0.5, 0.6) is 0 Å². The molecule has 0 spiro atoms. The monoisotopic (exact) mass is 1240 g/mol. The Labute approximate surface area is 514 Å². The van der Waals surface area contributed by atoms with Gasteiger partial charge < -0.3 is 90.3 Å². The quantitative estimate of drug-likeness (QED) is 0.0284.